The van der Waals surface area contributed by atoms with Crippen molar-refractivity contribution in [3.63, 3.8) is 0 Å². The van der Waals surface area contributed by atoms with Crippen LogP contribution >= 0.6 is 11.3 Å². The number of thiazole rings is 1. The van der Waals surface area contributed by atoms with Crippen molar-refractivity contribution in [2.24, 2.45) is 5.92 Å². The Morgan fingerprint density at radius 3 is 2.83 bits per heavy atom. The summed E-state index contributed by atoms with van der Waals surface area (Å²) >= 11 is 1.26. The van der Waals surface area contributed by atoms with Gasteiger partial charge in [0.15, 0.2) is 0 Å². The van der Waals surface area contributed by atoms with Crippen LogP contribution in [0.1, 0.15) is 28.9 Å². The number of aromatic nitrogens is 1. The van der Waals surface area contributed by atoms with Crippen LogP contribution in [0.25, 0.3) is 10.6 Å². The van der Waals surface area contributed by atoms with Gasteiger partial charge in [-0.3, -0.25) is 4.79 Å². The molecule has 0 atom stereocenters. The van der Waals surface area contributed by atoms with Crippen LogP contribution in [0.15, 0.2) is 30.5 Å². The lowest BCUT2D eigenvalue weighted by molar-refractivity contribution is 0.0692. The van der Waals surface area contributed by atoms with Crippen molar-refractivity contribution < 1.29 is 9.18 Å². The van der Waals surface area contributed by atoms with E-state index in [1.54, 1.807) is 24.4 Å². The van der Waals surface area contributed by atoms with Gasteiger partial charge in [0.25, 0.3) is 5.91 Å². The Bertz CT molecular complexity index is 695. The van der Waals surface area contributed by atoms with Gasteiger partial charge < -0.3 is 10.2 Å². The maximum Gasteiger partial charge on any atom is 0.265 e. The molecule has 1 saturated heterocycles. The molecule has 128 valence electrons. The van der Waals surface area contributed by atoms with Crippen molar-refractivity contribution in [3.8, 4) is 10.6 Å². The first-order chi connectivity index (χ1) is 11.7. The predicted molar refractivity (Wildman–Crippen MR) is 94.7 cm³/mol. The van der Waals surface area contributed by atoms with Crippen LogP contribution < -0.4 is 5.32 Å². The van der Waals surface area contributed by atoms with E-state index in [1.807, 2.05) is 11.9 Å². The van der Waals surface area contributed by atoms with E-state index < -0.39 is 0 Å². The van der Waals surface area contributed by atoms with Gasteiger partial charge in [0.1, 0.15) is 15.7 Å². The lowest BCUT2D eigenvalue weighted by atomic mass is 9.93. The molecule has 0 aliphatic carbocycles. The van der Waals surface area contributed by atoms with Crippen molar-refractivity contribution in [2.75, 3.05) is 26.7 Å². The number of hydrogen-bond donors (Lipinski definition) is 1. The highest BCUT2D eigenvalue weighted by molar-refractivity contribution is 7.16. The molecule has 1 fully saturated rings. The zero-order valence-electron chi connectivity index (χ0n) is 13.8. The van der Waals surface area contributed by atoms with Gasteiger partial charge in [0.2, 0.25) is 0 Å². The van der Waals surface area contributed by atoms with Crippen LogP contribution in [-0.4, -0.2) is 42.5 Å². The summed E-state index contributed by atoms with van der Waals surface area (Å²) in [4.78, 5) is 19.4. The highest BCUT2D eigenvalue weighted by Crippen LogP contribution is 2.29. The van der Waals surface area contributed by atoms with Gasteiger partial charge in [0, 0.05) is 18.7 Å². The third-order valence-corrected chi connectivity index (χ3v) is 5.54. The summed E-state index contributed by atoms with van der Waals surface area (Å²) in [5, 5.41) is 3.74. The number of halogens is 1. The Kier molecular flexibility index (Phi) is 5.58. The summed E-state index contributed by atoms with van der Waals surface area (Å²) in [5.41, 5.74) is 0.451. The van der Waals surface area contributed by atoms with Gasteiger partial charge in [-0.15, -0.1) is 11.3 Å². The second kappa shape index (κ2) is 7.85. The molecule has 24 heavy (non-hydrogen) atoms. The van der Waals surface area contributed by atoms with Gasteiger partial charge in [-0.2, -0.15) is 0 Å². The van der Waals surface area contributed by atoms with Crippen LogP contribution in [0.5, 0.6) is 0 Å². The fourth-order valence-electron chi connectivity index (χ4n) is 3.06. The van der Waals surface area contributed by atoms with E-state index in [2.05, 4.69) is 10.3 Å². The number of nitrogens with one attached hydrogen (secondary N) is 1. The molecule has 1 N–H and O–H groups in total. The van der Waals surface area contributed by atoms with Crippen molar-refractivity contribution in [3.05, 3.63) is 41.2 Å². The lowest BCUT2D eigenvalue weighted by Crippen LogP contribution is -2.38. The van der Waals surface area contributed by atoms with Crippen LogP contribution in [-0.2, 0) is 0 Å². The highest BCUT2D eigenvalue weighted by Gasteiger charge is 2.25. The molecule has 3 rings (SSSR count). The van der Waals surface area contributed by atoms with E-state index in [1.165, 1.54) is 17.4 Å². The quantitative estimate of drug-likeness (QED) is 0.901. The van der Waals surface area contributed by atoms with E-state index in [9.17, 15) is 9.18 Å². The van der Waals surface area contributed by atoms with Gasteiger partial charge >= 0.3 is 0 Å². The molecule has 4 nitrogen and oxygen atoms in total. The molecule has 1 aromatic carbocycles. The monoisotopic (exact) mass is 347 g/mol. The Morgan fingerprint density at radius 2 is 2.12 bits per heavy atom. The zero-order valence-corrected chi connectivity index (χ0v) is 14.6. The molecular weight excluding hydrogens is 325 g/mol. The number of rotatable bonds is 5. The fourth-order valence-corrected chi connectivity index (χ4v) is 3.97. The zero-order chi connectivity index (χ0) is 16.9. The van der Waals surface area contributed by atoms with Gasteiger partial charge in [-0.25, -0.2) is 9.37 Å². The van der Waals surface area contributed by atoms with Crippen molar-refractivity contribution >= 4 is 17.2 Å². The van der Waals surface area contributed by atoms with Crippen LogP contribution in [0.2, 0.25) is 0 Å². The number of benzene rings is 1. The van der Waals surface area contributed by atoms with E-state index in [4.69, 9.17) is 0 Å². The number of piperidine rings is 1. The normalized spacial score (nSPS) is 15.7. The third kappa shape index (κ3) is 3.82. The number of amides is 1. The van der Waals surface area contributed by atoms with E-state index >= 15 is 0 Å². The summed E-state index contributed by atoms with van der Waals surface area (Å²) < 4.78 is 13.9. The molecule has 0 saturated carbocycles. The molecule has 2 aromatic rings. The van der Waals surface area contributed by atoms with Gasteiger partial charge in [-0.05, 0) is 50.9 Å². The molecule has 1 aromatic heterocycles. The van der Waals surface area contributed by atoms with Crippen LogP contribution in [0, 0.1) is 11.7 Å². The smallest absolute Gasteiger partial charge is 0.265 e. The number of hydrogen-bond acceptors (Lipinski definition) is 4. The summed E-state index contributed by atoms with van der Waals surface area (Å²) in [6.45, 7) is 2.61. The number of carbonyl (C=O) groups is 1. The first kappa shape index (κ1) is 17.0. The van der Waals surface area contributed by atoms with Crippen molar-refractivity contribution in [1.29, 1.82) is 0 Å². The van der Waals surface area contributed by atoms with Gasteiger partial charge in [-0.1, -0.05) is 12.1 Å². The second-order valence-corrected chi connectivity index (χ2v) is 7.17. The number of likely N-dealkylation sites (tertiary alicyclic amines) is 1. The molecule has 0 bridgehead atoms. The first-order valence-corrected chi connectivity index (χ1v) is 9.15. The second-order valence-electron chi connectivity index (χ2n) is 6.14. The maximum atomic E-state index is 13.9. The summed E-state index contributed by atoms with van der Waals surface area (Å²) in [6.07, 6.45) is 4.83. The molecule has 0 radical (unpaired) electrons. The van der Waals surface area contributed by atoms with E-state index in [-0.39, 0.29) is 11.7 Å². The molecular formula is C18H22FN3OS. The average Bonchev–Trinajstić information content (AvgIpc) is 3.10. The van der Waals surface area contributed by atoms with E-state index in [0.717, 1.165) is 38.9 Å². The van der Waals surface area contributed by atoms with E-state index in [0.29, 0.717) is 21.4 Å². The molecule has 0 spiro atoms. The lowest BCUT2D eigenvalue weighted by Gasteiger charge is -2.31. The van der Waals surface area contributed by atoms with Gasteiger partial charge in [0.05, 0.1) is 6.20 Å². The fraction of sp³-hybridized carbons (Fsp3) is 0.444. The molecule has 1 amide bonds. The number of carbonyl (C=O) groups excluding carboxylic acids is 1. The van der Waals surface area contributed by atoms with Crippen LogP contribution in [0.3, 0.4) is 0 Å². The molecule has 1 aliphatic heterocycles. The topological polar surface area (TPSA) is 45.2 Å². The average molecular weight is 347 g/mol. The molecule has 2 heterocycles. The van der Waals surface area contributed by atoms with Crippen molar-refractivity contribution in [1.82, 2.24) is 15.2 Å². The third-order valence-electron chi connectivity index (χ3n) is 4.53. The Morgan fingerprint density at radius 1 is 1.38 bits per heavy atom. The SMILES string of the molecule is CNCCC1CCN(C(=O)c2cnc(-c3ccccc3F)s2)CC1. The summed E-state index contributed by atoms with van der Waals surface area (Å²) in [7, 11) is 1.97. The molecule has 6 heteroatoms. The first-order valence-electron chi connectivity index (χ1n) is 8.33. The molecule has 0 unspecified atom stereocenters. The largest absolute Gasteiger partial charge is 0.338 e. The Labute approximate surface area is 145 Å². The Hall–Kier alpha value is -1.79. The predicted octanol–water partition coefficient (Wildman–Crippen LogP) is 3.41. The molecule has 1 aliphatic rings. The minimum atomic E-state index is -0.309. The summed E-state index contributed by atoms with van der Waals surface area (Å²) in [5.74, 6) is 0.398. The standard InChI is InChI=1S/C18H22FN3OS/c1-20-9-6-13-7-10-22(11-8-13)18(23)16-12-21-17(24-16)14-4-2-3-5-15(14)19/h2-5,12-13,20H,6-11H2,1H3. The highest BCUT2D eigenvalue weighted by atomic mass is 32.1. The maximum absolute atomic E-state index is 13.9. The van der Waals surface area contributed by atoms with Crippen LogP contribution in [0.4, 0.5) is 4.39 Å². The van der Waals surface area contributed by atoms with Crippen molar-refractivity contribution in [2.45, 2.75) is 19.3 Å². The minimum absolute atomic E-state index is 0.0159. The number of nitrogens with zero attached hydrogens (tertiary/aromatic N) is 2. The summed E-state index contributed by atoms with van der Waals surface area (Å²) in [6, 6.07) is 6.53. The Balaban J connectivity index is 1.64. The minimum Gasteiger partial charge on any atom is -0.338 e.